The summed E-state index contributed by atoms with van der Waals surface area (Å²) in [6, 6.07) is 12.7. The first kappa shape index (κ1) is 21.6. The average molecular weight is 437 g/mol. The van der Waals surface area contributed by atoms with Crippen LogP contribution in [0.2, 0.25) is 5.02 Å². The molecule has 0 saturated carbocycles. The number of hydrogen-bond donors (Lipinski definition) is 1. The summed E-state index contributed by atoms with van der Waals surface area (Å²) in [6.07, 6.45) is 3.23. The highest BCUT2D eigenvalue weighted by Gasteiger charge is 2.30. The molecule has 1 atom stereocenters. The lowest BCUT2D eigenvalue weighted by Gasteiger charge is -2.30. The standard InChI is InChI=1S/C21H25ClN2O4S/c1-28-20-11-10-17(15-18(20)22)29(26,27)23-19(14-16-8-4-2-5-9-16)21(25)24-12-6-3-7-13-24/h2,4-5,8-11,15,19,23H,3,6-7,12-14H2,1H3/t19-/m1/s1. The molecule has 0 bridgehead atoms. The van der Waals surface area contributed by atoms with Crippen LogP contribution in [0.25, 0.3) is 0 Å². The van der Waals surface area contributed by atoms with E-state index in [2.05, 4.69) is 4.72 Å². The van der Waals surface area contributed by atoms with Gasteiger partial charge in [-0.15, -0.1) is 0 Å². The molecular formula is C21H25ClN2O4S. The first-order chi connectivity index (χ1) is 13.9. The first-order valence-corrected chi connectivity index (χ1v) is 11.5. The Morgan fingerprint density at radius 2 is 1.83 bits per heavy atom. The Morgan fingerprint density at radius 3 is 2.45 bits per heavy atom. The Labute approximate surface area is 176 Å². The van der Waals surface area contributed by atoms with Crippen LogP contribution in [0.1, 0.15) is 24.8 Å². The minimum absolute atomic E-state index is 0.00666. The summed E-state index contributed by atoms with van der Waals surface area (Å²) in [4.78, 5) is 14.9. The molecule has 8 heteroatoms. The summed E-state index contributed by atoms with van der Waals surface area (Å²) < 4.78 is 33.7. The second kappa shape index (κ2) is 9.61. The Morgan fingerprint density at radius 1 is 1.14 bits per heavy atom. The highest BCUT2D eigenvalue weighted by Crippen LogP contribution is 2.27. The summed E-state index contributed by atoms with van der Waals surface area (Å²) in [5, 5.41) is 0.192. The molecule has 0 aliphatic carbocycles. The third-order valence-electron chi connectivity index (χ3n) is 4.98. The van der Waals surface area contributed by atoms with Crippen molar-refractivity contribution in [3.8, 4) is 5.75 Å². The highest BCUT2D eigenvalue weighted by atomic mass is 35.5. The van der Waals surface area contributed by atoms with Gasteiger partial charge < -0.3 is 9.64 Å². The number of nitrogens with zero attached hydrogens (tertiary/aromatic N) is 1. The molecule has 1 N–H and O–H groups in total. The van der Waals surface area contributed by atoms with E-state index >= 15 is 0 Å². The van der Waals surface area contributed by atoms with Crippen molar-refractivity contribution in [2.45, 2.75) is 36.6 Å². The number of benzene rings is 2. The fourth-order valence-electron chi connectivity index (χ4n) is 3.43. The van der Waals surface area contributed by atoms with E-state index in [4.69, 9.17) is 16.3 Å². The molecule has 1 fully saturated rings. The zero-order valence-electron chi connectivity index (χ0n) is 16.3. The molecule has 29 heavy (non-hydrogen) atoms. The number of piperidine rings is 1. The molecule has 1 aliphatic heterocycles. The summed E-state index contributed by atoms with van der Waals surface area (Å²) in [5.41, 5.74) is 0.887. The SMILES string of the molecule is COc1ccc(S(=O)(=O)N[C@H](Cc2ccccc2)C(=O)N2CCCCC2)cc1Cl. The van der Waals surface area contributed by atoms with E-state index in [1.807, 2.05) is 30.3 Å². The van der Waals surface area contributed by atoms with Crippen molar-refractivity contribution < 1.29 is 17.9 Å². The van der Waals surface area contributed by atoms with Crippen LogP contribution in [-0.4, -0.2) is 45.5 Å². The Bertz CT molecular complexity index is 944. The van der Waals surface area contributed by atoms with Gasteiger partial charge in [-0.3, -0.25) is 4.79 Å². The van der Waals surface area contributed by atoms with Crippen molar-refractivity contribution in [1.82, 2.24) is 9.62 Å². The van der Waals surface area contributed by atoms with Crippen LogP contribution < -0.4 is 9.46 Å². The molecule has 2 aromatic rings. The number of methoxy groups -OCH3 is 1. The summed E-state index contributed by atoms with van der Waals surface area (Å²) >= 11 is 6.09. The second-order valence-electron chi connectivity index (χ2n) is 7.05. The lowest BCUT2D eigenvalue weighted by atomic mass is 10.0. The highest BCUT2D eigenvalue weighted by molar-refractivity contribution is 7.89. The molecule has 156 valence electrons. The van der Waals surface area contributed by atoms with Crippen LogP contribution in [0.4, 0.5) is 0 Å². The van der Waals surface area contributed by atoms with Crippen LogP contribution in [-0.2, 0) is 21.2 Å². The van der Waals surface area contributed by atoms with Gasteiger partial charge in [0, 0.05) is 13.1 Å². The van der Waals surface area contributed by atoms with Crippen LogP contribution in [0.15, 0.2) is 53.4 Å². The number of carbonyl (C=O) groups is 1. The molecule has 1 aliphatic rings. The van der Waals surface area contributed by atoms with E-state index in [1.165, 1.54) is 25.3 Å². The first-order valence-electron chi connectivity index (χ1n) is 9.59. The number of sulfonamides is 1. The molecule has 1 saturated heterocycles. The van der Waals surface area contributed by atoms with E-state index < -0.39 is 16.1 Å². The second-order valence-corrected chi connectivity index (χ2v) is 9.17. The van der Waals surface area contributed by atoms with Crippen LogP contribution in [0.3, 0.4) is 0 Å². The van der Waals surface area contributed by atoms with Crippen molar-refractivity contribution in [3.05, 3.63) is 59.1 Å². The molecule has 0 radical (unpaired) electrons. The van der Waals surface area contributed by atoms with Gasteiger partial charge in [-0.1, -0.05) is 41.9 Å². The van der Waals surface area contributed by atoms with Crippen LogP contribution in [0.5, 0.6) is 5.75 Å². The van der Waals surface area contributed by atoms with Gasteiger partial charge in [-0.2, -0.15) is 4.72 Å². The largest absolute Gasteiger partial charge is 0.495 e. The fourth-order valence-corrected chi connectivity index (χ4v) is 4.97. The van der Waals surface area contributed by atoms with E-state index in [9.17, 15) is 13.2 Å². The third-order valence-corrected chi connectivity index (χ3v) is 6.74. The third kappa shape index (κ3) is 5.50. The van der Waals surface area contributed by atoms with Gasteiger partial charge in [0.2, 0.25) is 15.9 Å². The van der Waals surface area contributed by atoms with Crippen molar-refractivity contribution in [1.29, 1.82) is 0 Å². The van der Waals surface area contributed by atoms with Gasteiger partial charge in [-0.05, 0) is 49.4 Å². The number of rotatable bonds is 7. The number of nitrogens with one attached hydrogen (secondary N) is 1. The summed E-state index contributed by atoms with van der Waals surface area (Å²) in [6.45, 7) is 1.31. The van der Waals surface area contributed by atoms with Gasteiger partial charge in [0.05, 0.1) is 17.0 Å². The van der Waals surface area contributed by atoms with Gasteiger partial charge in [0.1, 0.15) is 11.8 Å². The molecule has 1 amide bonds. The van der Waals surface area contributed by atoms with Gasteiger partial charge >= 0.3 is 0 Å². The van der Waals surface area contributed by atoms with Crippen molar-refractivity contribution in [3.63, 3.8) is 0 Å². The van der Waals surface area contributed by atoms with E-state index in [1.54, 1.807) is 4.90 Å². The van der Waals surface area contributed by atoms with Crippen LogP contribution in [0, 0.1) is 0 Å². The maximum atomic E-state index is 13.1. The van der Waals surface area contributed by atoms with Gasteiger partial charge in [0.25, 0.3) is 0 Å². The zero-order chi connectivity index (χ0) is 20.9. The van der Waals surface area contributed by atoms with Crippen molar-refractivity contribution in [2.75, 3.05) is 20.2 Å². The Balaban J connectivity index is 1.86. The number of likely N-dealkylation sites (tertiary alicyclic amines) is 1. The lowest BCUT2D eigenvalue weighted by molar-refractivity contribution is -0.133. The minimum atomic E-state index is -3.95. The maximum Gasteiger partial charge on any atom is 0.241 e. The molecule has 1 heterocycles. The minimum Gasteiger partial charge on any atom is -0.495 e. The molecule has 2 aromatic carbocycles. The lowest BCUT2D eigenvalue weighted by Crippen LogP contribution is -2.50. The Hall–Kier alpha value is -2.09. The quantitative estimate of drug-likeness (QED) is 0.722. The van der Waals surface area contributed by atoms with Crippen molar-refractivity contribution >= 4 is 27.5 Å². The average Bonchev–Trinajstić information content (AvgIpc) is 2.74. The molecule has 3 rings (SSSR count). The summed E-state index contributed by atoms with van der Waals surface area (Å²) in [5.74, 6) is 0.188. The Kier molecular flexibility index (Phi) is 7.16. The number of hydrogen-bond acceptors (Lipinski definition) is 4. The van der Waals surface area contributed by atoms with E-state index in [-0.39, 0.29) is 22.2 Å². The maximum absolute atomic E-state index is 13.1. The topological polar surface area (TPSA) is 75.7 Å². The number of halogens is 1. The summed E-state index contributed by atoms with van der Waals surface area (Å²) in [7, 11) is -2.49. The monoisotopic (exact) mass is 436 g/mol. The predicted molar refractivity (Wildman–Crippen MR) is 113 cm³/mol. The predicted octanol–water partition coefficient (Wildman–Crippen LogP) is 3.25. The molecule has 0 unspecified atom stereocenters. The molecular weight excluding hydrogens is 412 g/mol. The molecule has 6 nitrogen and oxygen atoms in total. The zero-order valence-corrected chi connectivity index (χ0v) is 17.9. The fraction of sp³-hybridized carbons (Fsp3) is 0.381. The van der Waals surface area contributed by atoms with Gasteiger partial charge in [0.15, 0.2) is 0 Å². The smallest absolute Gasteiger partial charge is 0.241 e. The van der Waals surface area contributed by atoms with E-state index in [0.29, 0.717) is 18.8 Å². The van der Waals surface area contributed by atoms with E-state index in [0.717, 1.165) is 24.8 Å². The van der Waals surface area contributed by atoms with Crippen molar-refractivity contribution in [2.24, 2.45) is 0 Å². The molecule has 0 aromatic heterocycles. The number of carbonyl (C=O) groups excluding carboxylic acids is 1. The van der Waals surface area contributed by atoms with Crippen LogP contribution >= 0.6 is 11.6 Å². The number of ether oxygens (including phenoxy) is 1. The number of amides is 1. The van der Waals surface area contributed by atoms with Gasteiger partial charge in [-0.25, -0.2) is 8.42 Å². The molecule has 0 spiro atoms. The normalized spacial score (nSPS) is 15.7.